The molecule has 27 heavy (non-hydrogen) atoms. The van der Waals surface area contributed by atoms with Crippen molar-refractivity contribution in [3.05, 3.63) is 40.4 Å². The second-order valence-electron chi connectivity index (χ2n) is 6.42. The molecule has 0 radical (unpaired) electrons. The van der Waals surface area contributed by atoms with Crippen LogP contribution in [-0.4, -0.2) is 29.0 Å². The van der Waals surface area contributed by atoms with E-state index in [-0.39, 0.29) is 11.3 Å². The highest BCUT2D eigenvalue weighted by Crippen LogP contribution is 2.33. The Bertz CT molecular complexity index is 791. The molecule has 0 fully saturated rings. The zero-order valence-electron chi connectivity index (χ0n) is 15.6. The standard InChI is InChI=1S/C18H23F3N4OS/c1-5-12(3)25(4)9-14-10-27-17(23-14)24-16(26)22-13-7-6-11(2)15(8-13)18(19,20)21/h6-8,10,12H,5,9H2,1-4H3,(H2,22,23,24,26). The van der Waals surface area contributed by atoms with Gasteiger partial charge in [0.1, 0.15) is 0 Å². The fourth-order valence-corrected chi connectivity index (χ4v) is 3.12. The highest BCUT2D eigenvalue weighted by molar-refractivity contribution is 7.13. The molecule has 2 aromatic rings. The number of nitrogens with zero attached hydrogens (tertiary/aromatic N) is 2. The number of carbonyl (C=O) groups is 1. The molecule has 1 aromatic carbocycles. The maximum atomic E-state index is 13.0. The molecule has 0 saturated heterocycles. The first kappa shape index (κ1) is 21.2. The van der Waals surface area contributed by atoms with E-state index in [1.165, 1.54) is 30.4 Å². The Balaban J connectivity index is 1.99. The summed E-state index contributed by atoms with van der Waals surface area (Å²) in [5, 5.41) is 7.21. The van der Waals surface area contributed by atoms with Crippen molar-refractivity contribution in [3.63, 3.8) is 0 Å². The summed E-state index contributed by atoms with van der Waals surface area (Å²) in [6.07, 6.45) is -3.45. The summed E-state index contributed by atoms with van der Waals surface area (Å²) in [5.74, 6) is 0. The van der Waals surface area contributed by atoms with Crippen molar-refractivity contribution in [1.82, 2.24) is 9.88 Å². The summed E-state index contributed by atoms with van der Waals surface area (Å²) >= 11 is 1.27. The van der Waals surface area contributed by atoms with Crippen LogP contribution in [0.3, 0.4) is 0 Å². The minimum Gasteiger partial charge on any atom is -0.308 e. The number of benzene rings is 1. The molecule has 0 saturated carbocycles. The highest BCUT2D eigenvalue weighted by atomic mass is 32.1. The summed E-state index contributed by atoms with van der Waals surface area (Å²) in [4.78, 5) is 18.6. The van der Waals surface area contributed by atoms with Gasteiger partial charge in [-0.25, -0.2) is 9.78 Å². The molecule has 1 aromatic heterocycles. The first-order valence-corrected chi connectivity index (χ1v) is 9.38. The predicted molar refractivity (Wildman–Crippen MR) is 102 cm³/mol. The van der Waals surface area contributed by atoms with Gasteiger partial charge < -0.3 is 5.32 Å². The van der Waals surface area contributed by atoms with E-state index in [0.717, 1.165) is 18.2 Å². The maximum Gasteiger partial charge on any atom is 0.416 e. The molecular weight excluding hydrogens is 377 g/mol. The minimum atomic E-state index is -4.47. The van der Waals surface area contributed by atoms with Gasteiger partial charge in [0.15, 0.2) is 5.13 Å². The number of aryl methyl sites for hydroxylation is 1. The lowest BCUT2D eigenvalue weighted by Gasteiger charge is -2.22. The second kappa shape index (κ2) is 8.71. The van der Waals surface area contributed by atoms with Crippen LogP contribution < -0.4 is 10.6 Å². The van der Waals surface area contributed by atoms with Gasteiger partial charge in [0.05, 0.1) is 11.3 Å². The second-order valence-corrected chi connectivity index (χ2v) is 7.28. The third-order valence-electron chi connectivity index (χ3n) is 4.33. The van der Waals surface area contributed by atoms with E-state index in [4.69, 9.17) is 0 Å². The molecule has 1 atom stereocenters. The van der Waals surface area contributed by atoms with Crippen molar-refractivity contribution in [2.24, 2.45) is 0 Å². The topological polar surface area (TPSA) is 57.3 Å². The first-order valence-electron chi connectivity index (χ1n) is 8.50. The third-order valence-corrected chi connectivity index (χ3v) is 5.13. The Morgan fingerprint density at radius 2 is 2.04 bits per heavy atom. The van der Waals surface area contributed by atoms with Gasteiger partial charge in [-0.3, -0.25) is 10.2 Å². The average molecular weight is 400 g/mol. The molecule has 0 aliphatic carbocycles. The smallest absolute Gasteiger partial charge is 0.308 e. The Hall–Kier alpha value is -2.13. The maximum absolute atomic E-state index is 13.0. The Morgan fingerprint density at radius 3 is 2.67 bits per heavy atom. The number of aromatic nitrogens is 1. The highest BCUT2D eigenvalue weighted by Gasteiger charge is 2.32. The van der Waals surface area contributed by atoms with Crippen LogP contribution in [-0.2, 0) is 12.7 Å². The monoisotopic (exact) mass is 400 g/mol. The van der Waals surface area contributed by atoms with Crippen LogP contribution in [0.4, 0.5) is 28.8 Å². The van der Waals surface area contributed by atoms with E-state index in [2.05, 4.69) is 34.4 Å². The number of hydrogen-bond donors (Lipinski definition) is 2. The van der Waals surface area contributed by atoms with Gasteiger partial charge >= 0.3 is 12.2 Å². The fraction of sp³-hybridized carbons (Fsp3) is 0.444. The van der Waals surface area contributed by atoms with E-state index in [1.807, 2.05) is 12.4 Å². The zero-order valence-corrected chi connectivity index (χ0v) is 16.5. The van der Waals surface area contributed by atoms with Crippen molar-refractivity contribution in [3.8, 4) is 0 Å². The van der Waals surface area contributed by atoms with Gasteiger partial charge in [-0.1, -0.05) is 13.0 Å². The molecule has 1 heterocycles. The minimum absolute atomic E-state index is 0.0682. The number of rotatable bonds is 6. The molecular formula is C18H23F3N4OS. The SMILES string of the molecule is CCC(C)N(C)Cc1csc(NC(=O)Nc2ccc(C)c(C(F)(F)F)c2)n1. The van der Waals surface area contributed by atoms with Gasteiger partial charge in [-0.05, 0) is 45.0 Å². The van der Waals surface area contributed by atoms with E-state index in [9.17, 15) is 18.0 Å². The average Bonchev–Trinajstić information content (AvgIpc) is 3.01. The molecule has 2 amide bonds. The predicted octanol–water partition coefficient (Wildman–Crippen LogP) is 5.34. The van der Waals surface area contributed by atoms with Crippen LogP contribution in [0.2, 0.25) is 0 Å². The number of alkyl halides is 3. The van der Waals surface area contributed by atoms with Crippen molar-refractivity contribution in [1.29, 1.82) is 0 Å². The van der Waals surface area contributed by atoms with Gasteiger partial charge in [0.25, 0.3) is 0 Å². The van der Waals surface area contributed by atoms with Gasteiger partial charge in [-0.15, -0.1) is 11.3 Å². The fourth-order valence-electron chi connectivity index (χ4n) is 2.42. The molecule has 148 valence electrons. The van der Waals surface area contributed by atoms with Crippen molar-refractivity contribution in [2.45, 2.75) is 46.0 Å². The van der Waals surface area contributed by atoms with E-state index >= 15 is 0 Å². The van der Waals surface area contributed by atoms with Crippen LogP contribution in [0.5, 0.6) is 0 Å². The Kier molecular flexibility index (Phi) is 6.83. The molecule has 2 N–H and O–H groups in total. The molecule has 0 aliphatic heterocycles. The number of anilines is 2. The Labute approximate surface area is 160 Å². The summed E-state index contributed by atoms with van der Waals surface area (Å²) < 4.78 is 38.9. The summed E-state index contributed by atoms with van der Waals surface area (Å²) in [6.45, 7) is 6.26. The van der Waals surface area contributed by atoms with Crippen LogP contribution in [0.25, 0.3) is 0 Å². The molecule has 0 spiro atoms. The van der Waals surface area contributed by atoms with Crippen molar-refractivity contribution in [2.75, 3.05) is 17.7 Å². The van der Waals surface area contributed by atoms with Crippen molar-refractivity contribution >= 4 is 28.2 Å². The van der Waals surface area contributed by atoms with Crippen LogP contribution >= 0.6 is 11.3 Å². The van der Waals surface area contributed by atoms with Crippen molar-refractivity contribution < 1.29 is 18.0 Å². The van der Waals surface area contributed by atoms with Crippen LogP contribution in [0.15, 0.2) is 23.6 Å². The quantitative estimate of drug-likeness (QED) is 0.688. The lowest BCUT2D eigenvalue weighted by molar-refractivity contribution is -0.138. The number of halogens is 3. The van der Waals surface area contributed by atoms with Crippen LogP contribution in [0, 0.1) is 6.92 Å². The molecule has 1 unspecified atom stereocenters. The summed E-state index contributed by atoms with van der Waals surface area (Å²) in [6, 6.07) is 3.45. The molecule has 0 bridgehead atoms. The lowest BCUT2D eigenvalue weighted by Crippen LogP contribution is -2.27. The molecule has 0 aliphatic rings. The van der Waals surface area contributed by atoms with Gasteiger partial charge in [0, 0.05) is 23.7 Å². The van der Waals surface area contributed by atoms with E-state index in [0.29, 0.717) is 17.7 Å². The van der Waals surface area contributed by atoms with E-state index < -0.39 is 17.8 Å². The van der Waals surface area contributed by atoms with E-state index in [1.54, 1.807) is 0 Å². The normalized spacial score (nSPS) is 12.9. The molecule has 5 nitrogen and oxygen atoms in total. The third kappa shape index (κ3) is 5.93. The number of thiazole rings is 1. The van der Waals surface area contributed by atoms with Crippen LogP contribution in [0.1, 0.15) is 37.1 Å². The lowest BCUT2D eigenvalue weighted by atomic mass is 10.1. The summed E-state index contributed by atoms with van der Waals surface area (Å²) in [5.41, 5.74) is 0.222. The number of carbonyl (C=O) groups excluding carboxylic acids is 1. The largest absolute Gasteiger partial charge is 0.416 e. The van der Waals surface area contributed by atoms with Gasteiger partial charge in [0.2, 0.25) is 0 Å². The summed E-state index contributed by atoms with van der Waals surface area (Å²) in [7, 11) is 2.00. The molecule has 2 rings (SSSR count). The number of hydrogen-bond acceptors (Lipinski definition) is 4. The first-order chi connectivity index (χ1) is 12.6. The number of amides is 2. The number of nitrogens with one attached hydrogen (secondary N) is 2. The Morgan fingerprint density at radius 1 is 1.33 bits per heavy atom. The zero-order chi connectivity index (χ0) is 20.2. The molecule has 9 heteroatoms. The van der Waals surface area contributed by atoms with Gasteiger partial charge in [-0.2, -0.15) is 13.2 Å². The number of urea groups is 1.